The molecule has 0 atom stereocenters. The first-order valence-electron chi connectivity index (χ1n) is 5.96. The molecule has 0 aliphatic carbocycles. The fourth-order valence-corrected chi connectivity index (χ4v) is 2.37. The number of benzene rings is 1. The highest BCUT2D eigenvalue weighted by Gasteiger charge is 2.07. The van der Waals surface area contributed by atoms with Gasteiger partial charge in [-0.25, -0.2) is 0 Å². The van der Waals surface area contributed by atoms with Crippen molar-refractivity contribution in [2.24, 2.45) is 0 Å². The van der Waals surface area contributed by atoms with Gasteiger partial charge < -0.3 is 15.2 Å². The van der Waals surface area contributed by atoms with E-state index < -0.39 is 0 Å². The number of carbonyl (C=O) groups is 1. The lowest BCUT2D eigenvalue weighted by Gasteiger charge is -2.09. The lowest BCUT2D eigenvalue weighted by atomic mass is 10.3. The molecule has 1 aromatic carbocycles. The molecule has 1 aromatic heterocycles. The Morgan fingerprint density at radius 2 is 2.15 bits per heavy atom. The van der Waals surface area contributed by atoms with E-state index in [9.17, 15) is 9.59 Å². The summed E-state index contributed by atoms with van der Waals surface area (Å²) in [5.74, 6) is 1.38. The van der Waals surface area contributed by atoms with Crippen LogP contribution in [0.25, 0.3) is 0 Å². The number of anilines is 1. The number of rotatable bonds is 6. The summed E-state index contributed by atoms with van der Waals surface area (Å²) in [6.45, 7) is 0. The summed E-state index contributed by atoms with van der Waals surface area (Å²) < 4.78 is 5.16. The lowest BCUT2D eigenvalue weighted by Crippen LogP contribution is -2.14. The molecule has 0 bridgehead atoms. The second-order valence-corrected chi connectivity index (χ2v) is 5.01. The van der Waals surface area contributed by atoms with Crippen LogP contribution in [0.1, 0.15) is 5.69 Å². The maximum Gasteiger partial charge on any atom is 0.264 e. The number of hydrogen-bond acceptors (Lipinski definition) is 4. The van der Waals surface area contributed by atoms with Crippen LogP contribution in [0.3, 0.4) is 0 Å². The van der Waals surface area contributed by atoms with Gasteiger partial charge in [-0.1, -0.05) is 12.1 Å². The van der Waals surface area contributed by atoms with Gasteiger partial charge in [0, 0.05) is 17.5 Å². The monoisotopic (exact) mass is 293 g/mol. The van der Waals surface area contributed by atoms with Crippen LogP contribution in [0.5, 0.6) is 5.75 Å². The van der Waals surface area contributed by atoms with Crippen molar-refractivity contribution in [2.45, 2.75) is 5.75 Å². The van der Waals surface area contributed by atoms with Crippen molar-refractivity contribution in [1.82, 2.24) is 10.2 Å². The molecule has 0 fully saturated rings. The van der Waals surface area contributed by atoms with Gasteiger partial charge in [0.05, 0.1) is 18.6 Å². The van der Waals surface area contributed by atoms with E-state index >= 15 is 0 Å². The third-order valence-electron chi connectivity index (χ3n) is 2.52. The Kier molecular flexibility index (Phi) is 4.89. The van der Waals surface area contributed by atoms with Gasteiger partial charge >= 0.3 is 0 Å². The fourth-order valence-electron chi connectivity index (χ4n) is 1.64. The Morgan fingerprint density at radius 3 is 2.85 bits per heavy atom. The molecule has 3 N–H and O–H groups in total. The highest BCUT2D eigenvalue weighted by molar-refractivity contribution is 7.99. The maximum absolute atomic E-state index is 11.8. The van der Waals surface area contributed by atoms with E-state index in [2.05, 4.69) is 15.5 Å². The molecule has 0 saturated carbocycles. The summed E-state index contributed by atoms with van der Waals surface area (Å²) >= 11 is 1.42. The van der Waals surface area contributed by atoms with Crippen LogP contribution < -0.4 is 15.6 Å². The van der Waals surface area contributed by atoms with E-state index in [1.807, 2.05) is 12.1 Å². The van der Waals surface area contributed by atoms with Crippen molar-refractivity contribution >= 4 is 23.4 Å². The Morgan fingerprint density at radius 1 is 1.35 bits per heavy atom. The van der Waals surface area contributed by atoms with E-state index in [4.69, 9.17) is 4.74 Å². The van der Waals surface area contributed by atoms with Crippen LogP contribution >= 0.6 is 11.8 Å². The van der Waals surface area contributed by atoms with Gasteiger partial charge in [-0.3, -0.25) is 14.7 Å². The predicted octanol–water partition coefficient (Wildman–Crippen LogP) is 1.58. The molecule has 106 valence electrons. The number of para-hydroxylation sites is 2. The number of H-pyrrole nitrogens is 2. The number of aromatic amines is 2. The first-order chi connectivity index (χ1) is 9.69. The van der Waals surface area contributed by atoms with Crippen LogP contribution in [0.4, 0.5) is 5.69 Å². The minimum Gasteiger partial charge on any atom is -0.495 e. The summed E-state index contributed by atoms with van der Waals surface area (Å²) in [4.78, 5) is 22.7. The molecule has 1 amide bonds. The van der Waals surface area contributed by atoms with E-state index in [0.29, 0.717) is 22.9 Å². The molecule has 1 heterocycles. The average Bonchev–Trinajstić information content (AvgIpc) is 2.85. The highest BCUT2D eigenvalue weighted by atomic mass is 32.2. The van der Waals surface area contributed by atoms with Crippen LogP contribution in [-0.4, -0.2) is 29.0 Å². The number of nitrogens with one attached hydrogen (secondary N) is 3. The van der Waals surface area contributed by atoms with Gasteiger partial charge in [-0.2, -0.15) is 0 Å². The van der Waals surface area contributed by atoms with Crippen molar-refractivity contribution in [1.29, 1.82) is 0 Å². The highest BCUT2D eigenvalue weighted by Crippen LogP contribution is 2.23. The van der Waals surface area contributed by atoms with Gasteiger partial charge in [0.15, 0.2) is 0 Å². The fraction of sp³-hybridized carbons (Fsp3) is 0.231. The van der Waals surface area contributed by atoms with Crippen molar-refractivity contribution in [3.05, 3.63) is 46.4 Å². The van der Waals surface area contributed by atoms with Crippen LogP contribution in [0.15, 0.2) is 35.1 Å². The van der Waals surface area contributed by atoms with Crippen molar-refractivity contribution < 1.29 is 9.53 Å². The van der Waals surface area contributed by atoms with Crippen molar-refractivity contribution in [3.63, 3.8) is 0 Å². The van der Waals surface area contributed by atoms with E-state index in [0.717, 1.165) is 5.69 Å². The first kappa shape index (κ1) is 14.3. The zero-order valence-corrected chi connectivity index (χ0v) is 11.8. The maximum atomic E-state index is 11.8. The molecule has 7 heteroatoms. The van der Waals surface area contributed by atoms with Gasteiger partial charge in [-0.15, -0.1) is 11.8 Å². The number of amides is 1. The Labute approximate surface area is 119 Å². The van der Waals surface area contributed by atoms with Crippen LogP contribution in [0.2, 0.25) is 0 Å². The van der Waals surface area contributed by atoms with E-state index in [1.165, 1.54) is 17.8 Å². The molecule has 0 saturated heterocycles. The van der Waals surface area contributed by atoms with Gasteiger partial charge in [0.2, 0.25) is 5.91 Å². The Hall–Kier alpha value is -2.15. The number of carbonyl (C=O) groups excluding carboxylic acids is 1. The molecular formula is C13H15N3O3S. The Bertz CT molecular complexity index is 636. The molecule has 0 aliphatic rings. The summed E-state index contributed by atoms with van der Waals surface area (Å²) in [6, 6.07) is 8.71. The van der Waals surface area contributed by atoms with Crippen LogP contribution in [0, 0.1) is 0 Å². The number of ether oxygens (including phenoxy) is 1. The average molecular weight is 293 g/mol. The molecule has 6 nitrogen and oxygen atoms in total. The zero-order chi connectivity index (χ0) is 14.4. The lowest BCUT2D eigenvalue weighted by molar-refractivity contribution is -0.113. The third-order valence-corrected chi connectivity index (χ3v) is 3.50. The van der Waals surface area contributed by atoms with E-state index in [1.54, 1.807) is 19.2 Å². The molecule has 20 heavy (non-hydrogen) atoms. The standard InChI is InChI=1S/C13H15N3O3S/c1-19-11-5-3-2-4-10(11)14-13(18)8-20-7-9-6-12(17)16-15-9/h2-6H,7-8H2,1H3,(H,14,18)(H2,15,16,17). The molecule has 0 aliphatic heterocycles. The molecular weight excluding hydrogens is 278 g/mol. The van der Waals surface area contributed by atoms with E-state index in [-0.39, 0.29) is 11.5 Å². The number of aromatic nitrogens is 2. The molecule has 2 aromatic rings. The summed E-state index contributed by atoms with van der Waals surface area (Å²) in [7, 11) is 1.56. The van der Waals surface area contributed by atoms with Crippen molar-refractivity contribution in [3.8, 4) is 5.75 Å². The number of hydrogen-bond donors (Lipinski definition) is 3. The first-order valence-corrected chi connectivity index (χ1v) is 7.11. The minimum absolute atomic E-state index is 0.114. The summed E-state index contributed by atoms with van der Waals surface area (Å²) in [5.41, 5.74) is 1.25. The topological polar surface area (TPSA) is 87.0 Å². The number of thioether (sulfide) groups is 1. The summed E-state index contributed by atoms with van der Waals surface area (Å²) in [6.07, 6.45) is 0. The van der Waals surface area contributed by atoms with Gasteiger partial charge in [-0.05, 0) is 12.1 Å². The SMILES string of the molecule is COc1ccccc1NC(=O)CSCc1cc(=O)[nH][nH]1. The van der Waals surface area contributed by atoms with Gasteiger partial charge in [0.1, 0.15) is 5.75 Å². The number of methoxy groups -OCH3 is 1. The third kappa shape index (κ3) is 3.92. The molecule has 0 spiro atoms. The van der Waals surface area contributed by atoms with Crippen molar-refractivity contribution in [2.75, 3.05) is 18.2 Å². The largest absolute Gasteiger partial charge is 0.495 e. The Balaban J connectivity index is 1.82. The quantitative estimate of drug-likeness (QED) is 0.754. The van der Waals surface area contributed by atoms with Crippen LogP contribution in [-0.2, 0) is 10.5 Å². The second kappa shape index (κ2) is 6.85. The van der Waals surface area contributed by atoms with Gasteiger partial charge in [0.25, 0.3) is 5.56 Å². The zero-order valence-electron chi connectivity index (χ0n) is 10.9. The molecule has 2 rings (SSSR count). The predicted molar refractivity (Wildman–Crippen MR) is 79.2 cm³/mol. The molecule has 0 unspecified atom stereocenters. The smallest absolute Gasteiger partial charge is 0.264 e. The minimum atomic E-state index is -0.168. The second-order valence-electron chi connectivity index (χ2n) is 4.03. The normalized spacial score (nSPS) is 10.2. The molecule has 0 radical (unpaired) electrons. The summed E-state index contributed by atoms with van der Waals surface area (Å²) in [5, 5.41) is 7.98.